The van der Waals surface area contributed by atoms with E-state index in [0.717, 1.165) is 0 Å². The Balaban J connectivity index is 2.58. The molecule has 0 saturated heterocycles. The van der Waals surface area contributed by atoms with E-state index in [1.807, 2.05) is 0 Å². The molecule has 0 amide bonds. The van der Waals surface area contributed by atoms with Gasteiger partial charge in [0.2, 0.25) is 9.84 Å². The molecule has 0 saturated carbocycles. The minimum absolute atomic E-state index is 0.0164. The molecule has 0 atom stereocenters. The fraction of sp³-hybridized carbons (Fsp3) is 0.0833. The van der Waals surface area contributed by atoms with Gasteiger partial charge in [0.1, 0.15) is 5.75 Å². The van der Waals surface area contributed by atoms with Gasteiger partial charge in [0, 0.05) is 24.5 Å². The van der Waals surface area contributed by atoms with E-state index >= 15 is 0 Å². The lowest BCUT2D eigenvalue weighted by atomic mass is 10.3. The Morgan fingerprint density at radius 2 is 1.83 bits per heavy atom. The van der Waals surface area contributed by atoms with Crippen LogP contribution in [0, 0.1) is 0 Å². The van der Waals surface area contributed by atoms with Crippen LogP contribution >= 0.6 is 0 Å². The van der Waals surface area contributed by atoms with E-state index in [2.05, 4.69) is 4.98 Å². The second kappa shape index (κ2) is 4.75. The van der Waals surface area contributed by atoms with Gasteiger partial charge in [0.25, 0.3) is 0 Å². The maximum absolute atomic E-state index is 12.4. The smallest absolute Gasteiger partial charge is 0.207 e. The van der Waals surface area contributed by atoms with Crippen molar-refractivity contribution in [2.24, 2.45) is 5.73 Å². The Hall–Kier alpha value is -1.92. The fourth-order valence-corrected chi connectivity index (χ4v) is 3.05. The third-order valence-corrected chi connectivity index (χ3v) is 4.39. The first kappa shape index (κ1) is 12.5. The molecule has 2 aromatic rings. The van der Waals surface area contributed by atoms with Gasteiger partial charge in [0.15, 0.2) is 0 Å². The number of sulfone groups is 1. The van der Waals surface area contributed by atoms with Crippen LogP contribution in [-0.2, 0) is 16.4 Å². The predicted octanol–water partition coefficient (Wildman–Crippen LogP) is 1.08. The van der Waals surface area contributed by atoms with Gasteiger partial charge < -0.3 is 10.8 Å². The highest BCUT2D eigenvalue weighted by atomic mass is 32.2. The molecule has 1 heterocycles. The van der Waals surface area contributed by atoms with Crippen LogP contribution in [0.3, 0.4) is 0 Å². The van der Waals surface area contributed by atoms with E-state index in [4.69, 9.17) is 10.8 Å². The van der Waals surface area contributed by atoms with Crippen molar-refractivity contribution < 1.29 is 13.5 Å². The number of phenolic OH excluding ortho intramolecular Hbond substituents is 1. The molecular formula is C12H12N2O3S. The highest BCUT2D eigenvalue weighted by molar-refractivity contribution is 7.91. The minimum atomic E-state index is -3.63. The highest BCUT2D eigenvalue weighted by Gasteiger charge is 2.20. The van der Waals surface area contributed by atoms with E-state index in [0.29, 0.717) is 5.56 Å². The Bertz CT molecular complexity index is 651. The van der Waals surface area contributed by atoms with Crippen LogP contribution in [0.1, 0.15) is 5.56 Å². The van der Waals surface area contributed by atoms with Crippen molar-refractivity contribution >= 4 is 9.84 Å². The summed E-state index contributed by atoms with van der Waals surface area (Å²) in [6.45, 7) is 0.0977. The molecule has 2 rings (SSSR count). The van der Waals surface area contributed by atoms with Gasteiger partial charge in [-0.15, -0.1) is 0 Å². The van der Waals surface area contributed by atoms with Gasteiger partial charge in [-0.05, 0) is 30.3 Å². The summed E-state index contributed by atoms with van der Waals surface area (Å²) in [5.74, 6) is 0.0164. The number of benzene rings is 1. The van der Waals surface area contributed by atoms with E-state index in [-0.39, 0.29) is 22.1 Å². The van der Waals surface area contributed by atoms with Crippen molar-refractivity contribution in [2.75, 3.05) is 0 Å². The van der Waals surface area contributed by atoms with Crippen molar-refractivity contribution in [3.05, 3.63) is 48.3 Å². The average Bonchev–Trinajstić information content (AvgIpc) is 2.39. The Morgan fingerprint density at radius 3 is 2.44 bits per heavy atom. The Labute approximate surface area is 105 Å². The largest absolute Gasteiger partial charge is 0.508 e. The van der Waals surface area contributed by atoms with E-state index in [9.17, 15) is 8.42 Å². The maximum atomic E-state index is 12.4. The number of phenols is 1. The number of nitrogens with zero attached hydrogens (tertiary/aromatic N) is 1. The molecule has 6 heteroatoms. The van der Waals surface area contributed by atoms with Crippen LogP contribution in [0.5, 0.6) is 5.75 Å². The molecule has 0 spiro atoms. The molecule has 0 aliphatic heterocycles. The molecule has 0 fully saturated rings. The summed E-state index contributed by atoms with van der Waals surface area (Å²) < 4.78 is 24.7. The zero-order chi connectivity index (χ0) is 13.2. The third kappa shape index (κ3) is 2.20. The fourth-order valence-electron chi connectivity index (χ4n) is 1.58. The third-order valence-electron chi connectivity index (χ3n) is 2.52. The number of pyridine rings is 1. The van der Waals surface area contributed by atoms with Crippen LogP contribution in [0.4, 0.5) is 0 Å². The molecular weight excluding hydrogens is 252 g/mol. The van der Waals surface area contributed by atoms with E-state index in [1.54, 1.807) is 0 Å². The first-order valence-corrected chi connectivity index (χ1v) is 6.71. The molecule has 3 N–H and O–H groups in total. The van der Waals surface area contributed by atoms with Crippen molar-refractivity contribution in [3.8, 4) is 5.75 Å². The van der Waals surface area contributed by atoms with Gasteiger partial charge in [0.05, 0.1) is 9.79 Å². The average molecular weight is 264 g/mol. The van der Waals surface area contributed by atoms with Crippen LogP contribution in [0.2, 0.25) is 0 Å². The zero-order valence-electron chi connectivity index (χ0n) is 9.45. The van der Waals surface area contributed by atoms with Gasteiger partial charge in [-0.3, -0.25) is 4.98 Å². The standard InChI is InChI=1S/C12H12N2O3S/c13-7-9-8-14-6-5-12(9)18(16,17)11-3-1-10(15)2-4-11/h1-6,8,15H,7,13H2. The monoisotopic (exact) mass is 264 g/mol. The molecule has 0 radical (unpaired) electrons. The topological polar surface area (TPSA) is 93.3 Å². The van der Waals surface area contributed by atoms with Crippen molar-refractivity contribution in [3.63, 3.8) is 0 Å². The number of hydrogen-bond acceptors (Lipinski definition) is 5. The highest BCUT2D eigenvalue weighted by Crippen LogP contribution is 2.24. The summed E-state index contributed by atoms with van der Waals surface area (Å²) in [6, 6.07) is 6.79. The Kier molecular flexibility index (Phi) is 3.31. The first-order chi connectivity index (χ1) is 8.55. The predicted molar refractivity (Wildman–Crippen MR) is 65.7 cm³/mol. The molecule has 5 nitrogen and oxygen atoms in total. The first-order valence-electron chi connectivity index (χ1n) is 5.23. The van der Waals surface area contributed by atoms with Crippen molar-refractivity contribution in [2.45, 2.75) is 16.3 Å². The van der Waals surface area contributed by atoms with Gasteiger partial charge in [-0.1, -0.05) is 0 Å². The summed E-state index contributed by atoms with van der Waals surface area (Å²) >= 11 is 0. The lowest BCUT2D eigenvalue weighted by Gasteiger charge is -2.08. The van der Waals surface area contributed by atoms with Gasteiger partial charge in [-0.2, -0.15) is 0 Å². The van der Waals surface area contributed by atoms with E-state index < -0.39 is 9.84 Å². The van der Waals surface area contributed by atoms with Crippen LogP contribution < -0.4 is 5.73 Å². The molecule has 18 heavy (non-hydrogen) atoms. The number of aromatic hydroxyl groups is 1. The van der Waals surface area contributed by atoms with Crippen LogP contribution in [0.25, 0.3) is 0 Å². The number of nitrogens with two attached hydrogens (primary N) is 1. The SMILES string of the molecule is NCc1cnccc1S(=O)(=O)c1ccc(O)cc1. The van der Waals surface area contributed by atoms with Crippen molar-refractivity contribution in [1.82, 2.24) is 4.98 Å². The second-order valence-electron chi connectivity index (χ2n) is 3.68. The molecule has 1 aromatic carbocycles. The molecule has 1 aromatic heterocycles. The minimum Gasteiger partial charge on any atom is -0.508 e. The quantitative estimate of drug-likeness (QED) is 0.865. The zero-order valence-corrected chi connectivity index (χ0v) is 10.3. The lowest BCUT2D eigenvalue weighted by Crippen LogP contribution is -2.09. The summed E-state index contributed by atoms with van der Waals surface area (Å²) in [5, 5.41) is 9.17. The van der Waals surface area contributed by atoms with Crippen LogP contribution in [0.15, 0.2) is 52.5 Å². The number of aromatic nitrogens is 1. The maximum Gasteiger partial charge on any atom is 0.207 e. The van der Waals surface area contributed by atoms with Gasteiger partial charge >= 0.3 is 0 Å². The second-order valence-corrected chi connectivity index (χ2v) is 5.60. The molecule has 94 valence electrons. The number of rotatable bonds is 3. The summed E-state index contributed by atoms with van der Waals surface area (Å²) in [6.07, 6.45) is 2.85. The van der Waals surface area contributed by atoms with Crippen molar-refractivity contribution in [1.29, 1.82) is 0 Å². The summed E-state index contributed by atoms with van der Waals surface area (Å²) in [4.78, 5) is 4.11. The van der Waals surface area contributed by atoms with Crippen LogP contribution in [-0.4, -0.2) is 18.5 Å². The molecule has 0 aliphatic rings. The van der Waals surface area contributed by atoms with Gasteiger partial charge in [-0.25, -0.2) is 8.42 Å². The Morgan fingerprint density at radius 1 is 1.17 bits per heavy atom. The molecule has 0 aliphatic carbocycles. The lowest BCUT2D eigenvalue weighted by molar-refractivity contribution is 0.475. The molecule has 0 bridgehead atoms. The summed E-state index contributed by atoms with van der Waals surface area (Å²) in [5.41, 5.74) is 5.97. The molecule has 0 unspecified atom stereocenters. The number of hydrogen-bond donors (Lipinski definition) is 2. The summed E-state index contributed by atoms with van der Waals surface area (Å²) in [7, 11) is -3.63. The normalized spacial score (nSPS) is 11.4. The van der Waals surface area contributed by atoms with E-state index in [1.165, 1.54) is 42.7 Å².